The van der Waals surface area contributed by atoms with Crippen LogP contribution in [0.1, 0.15) is 10.5 Å². The molecule has 1 aromatic heterocycles. The van der Waals surface area contributed by atoms with Gasteiger partial charge in [-0.05, 0) is 60.0 Å². The number of hydrogen-bond acceptors (Lipinski definition) is 17. The predicted octanol–water partition coefficient (Wildman–Crippen LogP) is 7.96. The number of benzene rings is 4. The standard InChI is InChI=1S/C27H20N6O12S2.CH4O2S.Cu.I2.Y/c1-43-16-6-9-20(34)19(12-16)29-30-22-21(46-45-44-39)10-13-2-3-14(11-18(13)25(22)35)28-31-23-24(27(37)38)32-33(26(23)36)15-4-7-17(8-5-15)47(40,41)42;1-4(2)3;;1-2;/h2-12,34-36,39H,1H3,(H,37,38)(H,40,41,42);1H3,(H,2,3);;;. The van der Waals surface area contributed by atoms with E-state index < -0.39 is 55.1 Å². The number of hydrogen-bond donors (Lipinski definition) is 7. The van der Waals surface area contributed by atoms with Crippen LogP contribution < -0.4 is 4.74 Å². The molecule has 0 bridgehead atoms. The molecule has 27 heteroatoms. The summed E-state index contributed by atoms with van der Waals surface area (Å²) >= 11 is 3.12. The number of carbonyl (C=O) groups is 1. The summed E-state index contributed by atoms with van der Waals surface area (Å²) in [4.78, 5) is 11.6. The van der Waals surface area contributed by atoms with E-state index in [0.717, 1.165) is 16.8 Å². The molecule has 1 unspecified atom stereocenters. The van der Waals surface area contributed by atoms with Crippen LogP contribution >= 0.6 is 49.3 Å². The molecule has 2 radical (unpaired) electrons. The molecule has 5 rings (SSSR count). The van der Waals surface area contributed by atoms with E-state index in [-0.39, 0.29) is 88.6 Å². The number of phenols is 2. The first kappa shape index (κ1) is 50.6. The zero-order valence-corrected chi connectivity index (χ0v) is 37.9. The maximum absolute atomic E-state index is 11.9. The van der Waals surface area contributed by atoms with Crippen LogP contribution in [0.3, 0.4) is 0 Å². The second kappa shape index (κ2) is 23.7. The maximum atomic E-state index is 11.9. The quantitative estimate of drug-likeness (QED) is 0.00964. The van der Waals surface area contributed by atoms with Crippen LogP contribution in [-0.4, -0.2) is 76.5 Å². The number of aromatic nitrogens is 2. The van der Waals surface area contributed by atoms with Crippen molar-refractivity contribution in [3.63, 3.8) is 0 Å². The van der Waals surface area contributed by atoms with Crippen molar-refractivity contribution in [2.24, 2.45) is 20.5 Å². The van der Waals surface area contributed by atoms with E-state index in [1.165, 1.54) is 68.0 Å². The van der Waals surface area contributed by atoms with E-state index in [1.807, 2.05) is 0 Å². The molecule has 55 heavy (non-hydrogen) atoms. The average Bonchev–Trinajstić information content (AvgIpc) is 3.46. The Balaban J connectivity index is 0.00000177. The van der Waals surface area contributed by atoms with Gasteiger partial charge < -0.3 is 29.7 Å². The Bertz CT molecular complexity index is 2300. The fraction of sp³-hybridized carbons (Fsp3) is 0.0714. The number of phenolic OH excluding ortho intramolecular Hbond substituents is 2. The summed E-state index contributed by atoms with van der Waals surface area (Å²) in [6.07, 6.45) is 1.19. The fourth-order valence-electron chi connectivity index (χ4n) is 4.10. The van der Waals surface area contributed by atoms with Gasteiger partial charge in [0, 0.05) is 105 Å². The van der Waals surface area contributed by atoms with E-state index in [0.29, 0.717) is 23.2 Å². The van der Waals surface area contributed by atoms with Crippen LogP contribution in [0.5, 0.6) is 23.1 Å². The Hall–Kier alpha value is -2.45. The molecule has 0 saturated carbocycles. The predicted molar refractivity (Wildman–Crippen MR) is 206 cm³/mol. The Morgan fingerprint density at radius 2 is 1.56 bits per heavy atom. The Labute approximate surface area is 376 Å². The first-order valence-electron chi connectivity index (χ1n) is 13.6. The van der Waals surface area contributed by atoms with Crippen LogP contribution in [-0.2, 0) is 80.3 Å². The van der Waals surface area contributed by atoms with Crippen molar-refractivity contribution in [2.75, 3.05) is 13.4 Å². The van der Waals surface area contributed by atoms with E-state index >= 15 is 0 Å². The first-order valence-corrected chi connectivity index (χ1v) is 23.6. The van der Waals surface area contributed by atoms with Gasteiger partial charge in [-0.25, -0.2) is 14.3 Å². The third-order valence-electron chi connectivity index (χ3n) is 6.31. The number of azo groups is 2. The van der Waals surface area contributed by atoms with Crippen molar-refractivity contribution >= 4 is 110 Å². The second-order valence-electron chi connectivity index (χ2n) is 9.59. The molecule has 0 saturated heterocycles. The van der Waals surface area contributed by atoms with Crippen LogP contribution in [0.25, 0.3) is 16.5 Å². The number of carboxylic acid groups (broad SMARTS) is 1. The Morgan fingerprint density at radius 1 is 0.945 bits per heavy atom. The van der Waals surface area contributed by atoms with E-state index in [2.05, 4.69) is 72.2 Å². The number of ether oxygens (including phenoxy) is 1. The van der Waals surface area contributed by atoms with Gasteiger partial charge in [-0.3, -0.25) is 4.55 Å². The summed E-state index contributed by atoms with van der Waals surface area (Å²) in [5.74, 6) is -2.60. The van der Waals surface area contributed by atoms with Crippen molar-refractivity contribution in [3.05, 3.63) is 72.4 Å². The number of nitrogens with zero attached hydrogens (tertiary/aromatic N) is 6. The number of halogens is 2. The molecule has 1 atom stereocenters. The number of aromatic hydroxyl groups is 3. The van der Waals surface area contributed by atoms with Crippen LogP contribution in [0.4, 0.5) is 22.7 Å². The Morgan fingerprint density at radius 3 is 2.13 bits per heavy atom. The van der Waals surface area contributed by atoms with Gasteiger partial charge in [-0.15, -0.1) is 19.7 Å². The molecule has 0 spiro atoms. The summed E-state index contributed by atoms with van der Waals surface area (Å²) in [6, 6.07) is 14.5. The molecule has 20 nitrogen and oxygen atoms in total. The average molecular weight is 1170 g/mol. The van der Waals surface area contributed by atoms with Crippen molar-refractivity contribution in [1.82, 2.24) is 9.78 Å². The third kappa shape index (κ3) is 13.9. The van der Waals surface area contributed by atoms with Crippen molar-refractivity contribution < 1.29 is 116 Å². The van der Waals surface area contributed by atoms with Crippen molar-refractivity contribution in [1.29, 1.82) is 0 Å². The molecule has 1 heterocycles. The summed E-state index contributed by atoms with van der Waals surface area (Å²) in [7, 11) is -3.08. The minimum atomic E-state index is -4.50. The number of carboxylic acids is 1. The first-order chi connectivity index (χ1) is 25.1. The number of fused-ring (bicyclic) bond motifs is 1. The largest absolute Gasteiger partial charge is 0.506 e. The molecule has 4 aromatic carbocycles. The normalized spacial score (nSPS) is 11.5. The van der Waals surface area contributed by atoms with Gasteiger partial charge in [0.2, 0.25) is 11.6 Å². The molecule has 0 aliphatic heterocycles. The fourth-order valence-corrected chi connectivity index (χ4v) is 5.08. The molecule has 0 amide bonds. The van der Waals surface area contributed by atoms with Crippen molar-refractivity contribution in [3.8, 4) is 28.8 Å². The zero-order valence-electron chi connectivity index (χ0n) is 27.4. The number of rotatable bonds is 11. The van der Waals surface area contributed by atoms with Gasteiger partial charge in [-0.1, -0.05) is 11.1 Å². The van der Waals surface area contributed by atoms with Crippen LogP contribution in [0.2, 0.25) is 0 Å². The minimum absolute atomic E-state index is 0. The monoisotopic (exact) mass is 1170 g/mol. The van der Waals surface area contributed by atoms with Gasteiger partial charge >= 0.3 is 5.97 Å². The summed E-state index contributed by atoms with van der Waals surface area (Å²) in [6.45, 7) is 0. The minimum Gasteiger partial charge on any atom is -0.506 e. The van der Waals surface area contributed by atoms with Gasteiger partial charge in [-0.2, -0.15) is 23.3 Å². The second-order valence-corrected chi connectivity index (χ2v) is 12.6. The molecule has 296 valence electrons. The third-order valence-corrected chi connectivity index (χ3v) is 7.80. The summed E-state index contributed by atoms with van der Waals surface area (Å²) in [5.41, 5.74) is -1.26. The molecule has 5 aromatic rings. The van der Waals surface area contributed by atoms with Gasteiger partial charge in [0.25, 0.3) is 10.1 Å². The molecule has 7 N–H and O–H groups in total. The van der Waals surface area contributed by atoms with E-state index in [1.54, 1.807) is 0 Å². The smallest absolute Gasteiger partial charge is 0.358 e. The maximum Gasteiger partial charge on any atom is 0.358 e. The summed E-state index contributed by atoms with van der Waals surface area (Å²) < 4.78 is 58.9. The van der Waals surface area contributed by atoms with Gasteiger partial charge in [0.05, 0.1) is 40.3 Å². The van der Waals surface area contributed by atoms with E-state index in [4.69, 9.17) is 18.8 Å². The molecule has 0 aliphatic rings. The topological polar surface area (TPSA) is 305 Å². The summed E-state index contributed by atoms with van der Waals surface area (Å²) in [5, 5.41) is 74.4. The Kier molecular flexibility index (Phi) is 21.8. The van der Waals surface area contributed by atoms with Crippen molar-refractivity contribution in [2.45, 2.75) is 9.79 Å². The molecule has 0 aliphatic carbocycles. The molecular formula is C28H24CuI2N6O14S3Y. The van der Waals surface area contributed by atoms with E-state index in [9.17, 15) is 38.2 Å². The zero-order chi connectivity index (χ0) is 39.5. The van der Waals surface area contributed by atoms with Gasteiger partial charge in [0.15, 0.2) is 11.4 Å². The number of methoxy groups -OCH3 is 1. The van der Waals surface area contributed by atoms with Gasteiger partial charge in [0.1, 0.15) is 34.0 Å². The van der Waals surface area contributed by atoms with Crippen LogP contribution in [0.15, 0.2) is 97.0 Å². The SMILES string of the molecule is COc1ccc(O)c(N=Nc2c(SOOO)cc3ccc(N=Nc4c(C(=O)O)nn(-c5ccc(S(=O)(=O)O)cc5)c4O)cc3c2O)c1.CS(=O)O.II.[Cu].[Y]. The number of aromatic carboxylic acids is 1. The van der Waals surface area contributed by atoms with Crippen LogP contribution in [0, 0.1) is 0 Å². The molecular weight excluding hydrogens is 1150 g/mol. The molecule has 0 fully saturated rings.